The summed E-state index contributed by atoms with van der Waals surface area (Å²) in [5.41, 5.74) is 2.07. The molecule has 5 rings (SSSR count). The summed E-state index contributed by atoms with van der Waals surface area (Å²) in [7, 11) is 1.54. The van der Waals surface area contributed by atoms with Gasteiger partial charge in [0.25, 0.3) is 5.56 Å². The lowest BCUT2D eigenvalue weighted by molar-refractivity contribution is -0.143. The van der Waals surface area contributed by atoms with Gasteiger partial charge in [0, 0.05) is 21.7 Å². The number of aromatic nitrogens is 1. The van der Waals surface area contributed by atoms with Gasteiger partial charge >= 0.3 is 11.9 Å². The molecule has 0 radical (unpaired) electrons. The number of fused-ring (bicyclic) bond motifs is 1. The number of hydrogen-bond acceptors (Lipinski definition) is 9. The molecule has 1 aliphatic heterocycles. The molecule has 2 aromatic carbocycles. The molecule has 43 heavy (non-hydrogen) atoms. The minimum Gasteiger partial charge on any atom is -0.496 e. The zero-order valence-electron chi connectivity index (χ0n) is 24.2. The summed E-state index contributed by atoms with van der Waals surface area (Å²) in [5.74, 6) is 0.497. The molecule has 0 bridgehead atoms. The number of furan rings is 1. The van der Waals surface area contributed by atoms with Crippen LogP contribution < -0.4 is 19.6 Å². The van der Waals surface area contributed by atoms with Crippen molar-refractivity contribution >= 4 is 45.3 Å². The first-order valence-corrected chi connectivity index (χ1v) is 15.2. The van der Waals surface area contributed by atoms with Crippen LogP contribution in [0.3, 0.4) is 0 Å². The van der Waals surface area contributed by atoms with Crippen molar-refractivity contribution in [2.75, 3.05) is 13.7 Å². The maximum absolute atomic E-state index is 14.0. The predicted octanol–water partition coefficient (Wildman–Crippen LogP) is 5.39. The Kier molecular flexibility index (Phi) is 8.84. The number of allylic oxidation sites excluding steroid dienone is 1. The number of methoxy groups -OCH3 is 1. The van der Waals surface area contributed by atoms with Gasteiger partial charge in [-0.1, -0.05) is 39.4 Å². The van der Waals surface area contributed by atoms with Crippen LogP contribution in [0, 0.1) is 0 Å². The molecule has 0 saturated carbocycles. The van der Waals surface area contributed by atoms with Crippen molar-refractivity contribution in [1.82, 2.24) is 4.57 Å². The zero-order valence-corrected chi connectivity index (χ0v) is 26.6. The number of thiazole rings is 1. The van der Waals surface area contributed by atoms with Crippen molar-refractivity contribution in [3.05, 3.63) is 107 Å². The van der Waals surface area contributed by atoms with Gasteiger partial charge in [-0.3, -0.25) is 9.36 Å². The summed E-state index contributed by atoms with van der Waals surface area (Å²) in [5, 5.41) is 0. The average Bonchev–Trinajstić information content (AvgIpc) is 3.56. The number of carbonyl (C=O) groups is 2. The SMILES string of the molecule is CCOC(=O)c1cccc(-c2ccc(/C=c3\sc4n(c3=O)[C@H](c3cc(Br)ccc3OC)C(C(=O)OC(C)C)=C(C)N=4)o2)c1. The Morgan fingerprint density at radius 3 is 2.65 bits per heavy atom. The van der Waals surface area contributed by atoms with Gasteiger partial charge in [-0.2, -0.15) is 0 Å². The van der Waals surface area contributed by atoms with Crippen LogP contribution in [-0.2, 0) is 14.3 Å². The first kappa shape index (κ1) is 30.2. The quantitative estimate of drug-likeness (QED) is 0.232. The van der Waals surface area contributed by atoms with E-state index >= 15 is 0 Å². The Balaban J connectivity index is 1.62. The fraction of sp³-hybridized carbons (Fsp3) is 0.250. The van der Waals surface area contributed by atoms with Crippen molar-refractivity contribution in [2.45, 2.75) is 39.8 Å². The second kappa shape index (κ2) is 12.6. The number of esters is 2. The van der Waals surface area contributed by atoms with Crippen LogP contribution in [0.1, 0.15) is 55.4 Å². The highest BCUT2D eigenvalue weighted by Crippen LogP contribution is 2.37. The van der Waals surface area contributed by atoms with Crippen molar-refractivity contribution in [3.63, 3.8) is 0 Å². The van der Waals surface area contributed by atoms with E-state index in [9.17, 15) is 14.4 Å². The predicted molar refractivity (Wildman–Crippen MR) is 166 cm³/mol. The molecule has 0 aliphatic carbocycles. The van der Waals surface area contributed by atoms with E-state index in [2.05, 4.69) is 20.9 Å². The number of benzene rings is 2. The molecule has 2 aromatic heterocycles. The van der Waals surface area contributed by atoms with Gasteiger partial charge in [0.15, 0.2) is 4.80 Å². The molecule has 0 amide bonds. The minimum absolute atomic E-state index is 0.255. The second-order valence-electron chi connectivity index (χ2n) is 9.93. The maximum atomic E-state index is 14.0. The average molecular weight is 666 g/mol. The van der Waals surface area contributed by atoms with E-state index in [1.54, 1.807) is 70.2 Å². The fourth-order valence-electron chi connectivity index (χ4n) is 4.80. The number of rotatable bonds is 8. The second-order valence-corrected chi connectivity index (χ2v) is 11.9. The summed E-state index contributed by atoms with van der Waals surface area (Å²) in [4.78, 5) is 44.6. The largest absolute Gasteiger partial charge is 0.496 e. The summed E-state index contributed by atoms with van der Waals surface area (Å²) in [6.45, 7) is 7.29. The molecule has 1 aliphatic rings. The van der Waals surface area contributed by atoms with Crippen LogP contribution in [0.4, 0.5) is 0 Å². The third-order valence-electron chi connectivity index (χ3n) is 6.63. The van der Waals surface area contributed by atoms with Crippen LogP contribution in [0.5, 0.6) is 5.75 Å². The van der Waals surface area contributed by atoms with Crippen LogP contribution in [0.15, 0.2) is 84.5 Å². The summed E-state index contributed by atoms with van der Waals surface area (Å²) in [6.07, 6.45) is 1.27. The van der Waals surface area contributed by atoms with Crippen LogP contribution in [0.2, 0.25) is 0 Å². The lowest BCUT2D eigenvalue weighted by atomic mass is 9.95. The molecule has 0 saturated heterocycles. The van der Waals surface area contributed by atoms with Gasteiger partial charge in [-0.25, -0.2) is 14.6 Å². The summed E-state index contributed by atoms with van der Waals surface area (Å²) < 4.78 is 25.0. The maximum Gasteiger partial charge on any atom is 0.338 e. The Hall–Kier alpha value is -4.22. The molecular weight excluding hydrogens is 636 g/mol. The van der Waals surface area contributed by atoms with Gasteiger partial charge < -0.3 is 18.6 Å². The van der Waals surface area contributed by atoms with E-state index in [4.69, 9.17) is 18.6 Å². The standard InChI is InChI=1S/C32H29BrN2O7S/c1-6-40-30(37)20-9-7-8-19(14-20)24-13-11-22(42-24)16-26-29(36)35-28(23-15-21(33)10-12-25(23)39-5)27(31(38)41-17(2)3)18(4)34-32(35)43-26/h7-17,28H,6H2,1-5H3/b26-16-/t28-/m1/s1. The number of nitrogens with zero attached hydrogens (tertiary/aromatic N) is 2. The fourth-order valence-corrected chi connectivity index (χ4v) is 6.21. The van der Waals surface area contributed by atoms with Crippen molar-refractivity contribution in [3.8, 4) is 17.1 Å². The van der Waals surface area contributed by atoms with E-state index in [1.165, 1.54) is 23.0 Å². The molecule has 0 N–H and O–H groups in total. The third-order valence-corrected chi connectivity index (χ3v) is 8.11. The molecule has 4 aromatic rings. The molecule has 0 spiro atoms. The van der Waals surface area contributed by atoms with Gasteiger partial charge in [0.2, 0.25) is 0 Å². The number of ether oxygens (including phenoxy) is 3. The molecule has 11 heteroatoms. The highest BCUT2D eigenvalue weighted by molar-refractivity contribution is 9.10. The minimum atomic E-state index is -0.838. The van der Waals surface area contributed by atoms with Gasteiger partial charge in [-0.05, 0) is 70.2 Å². The van der Waals surface area contributed by atoms with Crippen LogP contribution in [-0.4, -0.2) is 36.3 Å². The topological polar surface area (TPSA) is 109 Å². The van der Waals surface area contributed by atoms with Crippen LogP contribution >= 0.6 is 27.3 Å². The lowest BCUT2D eigenvalue weighted by Crippen LogP contribution is -2.40. The Morgan fingerprint density at radius 1 is 1.14 bits per heavy atom. The third kappa shape index (κ3) is 6.14. The van der Waals surface area contributed by atoms with Gasteiger partial charge in [0.1, 0.15) is 23.3 Å². The molecule has 3 heterocycles. The Bertz CT molecular complexity index is 1930. The van der Waals surface area contributed by atoms with Crippen molar-refractivity contribution < 1.29 is 28.2 Å². The first-order chi connectivity index (χ1) is 20.6. The van der Waals surface area contributed by atoms with E-state index in [0.717, 1.165) is 4.47 Å². The smallest absolute Gasteiger partial charge is 0.338 e. The van der Waals surface area contributed by atoms with Gasteiger partial charge in [0.05, 0.1) is 41.2 Å². The number of hydrogen-bond donors (Lipinski definition) is 0. The molecule has 0 unspecified atom stereocenters. The monoisotopic (exact) mass is 664 g/mol. The lowest BCUT2D eigenvalue weighted by Gasteiger charge is -2.26. The zero-order chi connectivity index (χ0) is 30.8. The normalized spacial score (nSPS) is 14.9. The molecule has 9 nitrogen and oxygen atoms in total. The molecule has 1 atom stereocenters. The molecular formula is C32H29BrN2O7S. The highest BCUT2D eigenvalue weighted by atomic mass is 79.9. The Labute approximate surface area is 259 Å². The molecule has 222 valence electrons. The van der Waals surface area contributed by atoms with E-state index in [1.807, 2.05) is 18.2 Å². The van der Waals surface area contributed by atoms with E-state index < -0.39 is 18.0 Å². The van der Waals surface area contributed by atoms with E-state index in [0.29, 0.717) is 49.0 Å². The number of halogens is 1. The van der Waals surface area contributed by atoms with Crippen molar-refractivity contribution in [2.24, 2.45) is 4.99 Å². The summed E-state index contributed by atoms with van der Waals surface area (Å²) in [6, 6.07) is 15.1. The highest BCUT2D eigenvalue weighted by Gasteiger charge is 2.35. The van der Waals surface area contributed by atoms with E-state index in [-0.39, 0.29) is 23.8 Å². The van der Waals surface area contributed by atoms with Gasteiger partial charge in [-0.15, -0.1) is 0 Å². The molecule has 0 fully saturated rings. The Morgan fingerprint density at radius 2 is 1.93 bits per heavy atom. The van der Waals surface area contributed by atoms with Crippen LogP contribution in [0.25, 0.3) is 17.4 Å². The first-order valence-electron chi connectivity index (χ1n) is 13.6. The van der Waals surface area contributed by atoms with Crippen molar-refractivity contribution in [1.29, 1.82) is 0 Å². The number of carbonyl (C=O) groups excluding carboxylic acids is 2. The summed E-state index contributed by atoms with van der Waals surface area (Å²) >= 11 is 4.70.